The number of hydrogen-bond acceptors (Lipinski definition) is 6. The molecule has 4 unspecified atom stereocenters. The summed E-state index contributed by atoms with van der Waals surface area (Å²) in [4.78, 5) is 12.6. The number of methoxy groups -OCH3 is 1. The van der Waals surface area contributed by atoms with Crippen molar-refractivity contribution >= 4 is 12.4 Å². The van der Waals surface area contributed by atoms with E-state index in [9.17, 15) is 0 Å². The molecule has 2 fully saturated rings. The molecule has 2 heterocycles. The molecule has 2 rings (SSSR count). The van der Waals surface area contributed by atoms with Crippen LogP contribution in [0.2, 0.25) is 0 Å². The van der Waals surface area contributed by atoms with E-state index in [4.69, 9.17) is 14.5 Å². The van der Waals surface area contributed by atoms with E-state index in [-0.39, 0.29) is 6.10 Å². The van der Waals surface area contributed by atoms with Crippen molar-refractivity contribution in [3.8, 4) is 0 Å². The van der Waals surface area contributed by atoms with Crippen LogP contribution in [0.25, 0.3) is 0 Å². The number of ether oxygens (including phenoxy) is 2. The largest absolute Gasteiger partial charge is 0.379 e. The van der Waals surface area contributed by atoms with Gasteiger partial charge in [-0.05, 0) is 83.9 Å². The summed E-state index contributed by atoms with van der Waals surface area (Å²) in [5.74, 6) is 0.996. The highest BCUT2D eigenvalue weighted by Crippen LogP contribution is 2.29. The highest BCUT2D eigenvalue weighted by Gasteiger charge is 2.39. The van der Waals surface area contributed by atoms with E-state index in [2.05, 4.69) is 136 Å². The van der Waals surface area contributed by atoms with Gasteiger partial charge in [-0.1, -0.05) is 118 Å². The van der Waals surface area contributed by atoms with Crippen molar-refractivity contribution in [2.75, 3.05) is 73.7 Å². The fourth-order valence-corrected chi connectivity index (χ4v) is 6.06. The smallest absolute Gasteiger partial charge is 0.173 e. The lowest BCUT2D eigenvalue weighted by atomic mass is 9.83. The molecular weight excluding hydrogens is 691 g/mol. The van der Waals surface area contributed by atoms with Gasteiger partial charge in [-0.25, -0.2) is 4.58 Å². The maximum atomic E-state index is 5.82. The lowest BCUT2D eigenvalue weighted by Crippen LogP contribution is -2.67. The summed E-state index contributed by atoms with van der Waals surface area (Å²) in [6.45, 7) is 51.0. The third kappa shape index (κ3) is 28.1. The molecule has 56 heavy (non-hydrogen) atoms. The Hall–Kier alpha value is -2.42. The van der Waals surface area contributed by atoms with Gasteiger partial charge >= 0.3 is 0 Å². The van der Waals surface area contributed by atoms with Gasteiger partial charge in [0.2, 0.25) is 0 Å². The first-order valence-corrected chi connectivity index (χ1v) is 21.9. The van der Waals surface area contributed by atoms with Gasteiger partial charge in [-0.2, -0.15) is 0 Å². The maximum absolute atomic E-state index is 5.82. The highest BCUT2D eigenvalue weighted by molar-refractivity contribution is 6.03. The SMILES string of the molecule is C=C(C(=N/C=C\CC)C(COCC)OC)C(CCC/C(C)=C/CN1CC(N2CCN(C)CC2)C1C)CC(C)C.C=C(CC)[N+](=C)C.C=CC=C.CCC.CCC. The van der Waals surface area contributed by atoms with Crippen LogP contribution in [0, 0.1) is 11.8 Å². The summed E-state index contributed by atoms with van der Waals surface area (Å²) >= 11 is 0. The number of likely N-dealkylation sites (tertiary alicyclic amines) is 1. The highest BCUT2D eigenvalue weighted by atomic mass is 16.5. The topological polar surface area (TPSA) is 43.6 Å². The monoisotopic (exact) mass is 785 g/mol. The molecule has 0 N–H and O–H groups in total. The van der Waals surface area contributed by atoms with Crippen LogP contribution in [0.1, 0.15) is 128 Å². The minimum Gasteiger partial charge on any atom is -0.379 e. The van der Waals surface area contributed by atoms with E-state index < -0.39 is 0 Å². The Kier molecular flexibility index (Phi) is 39.4. The van der Waals surface area contributed by atoms with Gasteiger partial charge in [0.05, 0.1) is 12.3 Å². The first kappa shape index (κ1) is 57.9. The van der Waals surface area contributed by atoms with E-state index in [1.807, 2.05) is 20.2 Å². The van der Waals surface area contributed by atoms with Crippen molar-refractivity contribution in [3.05, 3.63) is 73.7 Å². The molecule has 2 aliphatic heterocycles. The Bertz CT molecular complexity index is 1110. The molecule has 7 heteroatoms. The first-order valence-electron chi connectivity index (χ1n) is 21.9. The standard InChI is InChI=1S/C33H60N4O2.C6H12N.C4H6.2C3H8/c1-10-12-17-34-33(32(38-9)25-39-11-2)28(6)30(23-26(3)4)15-13-14-27(5)16-18-37-24-31(29(37)7)36-21-19-35(8)20-22-36;1-5-6(2)7(3)4;1-3-4-2;2*1-3-2/h12,16-17,26,29-32H,6,10-11,13-15,18-25H2,1-5,7-9H3;2-3,5H2,1,4H3;3-4H,1-2H2;2*3H2,1-2H3/q;+1;;;/b17-12-,27-16+,34-33?;;;;. The summed E-state index contributed by atoms with van der Waals surface area (Å²) in [5.41, 5.74) is 4.63. The van der Waals surface area contributed by atoms with Crippen LogP contribution < -0.4 is 0 Å². The molecule has 0 aliphatic carbocycles. The van der Waals surface area contributed by atoms with Gasteiger partial charge in [-0.15, -0.1) is 0 Å². The van der Waals surface area contributed by atoms with Gasteiger partial charge in [-0.3, -0.25) is 14.8 Å². The number of likely N-dealkylation sites (N-methyl/N-ethyl adjacent to an activating group) is 1. The van der Waals surface area contributed by atoms with Gasteiger partial charge in [0, 0.05) is 77.7 Å². The quantitative estimate of drug-likeness (QED) is 0.0502. The number of allylic oxidation sites excluding steroid dienone is 5. The second-order valence-electron chi connectivity index (χ2n) is 15.6. The van der Waals surface area contributed by atoms with Crippen molar-refractivity contribution in [1.29, 1.82) is 0 Å². The summed E-state index contributed by atoms with van der Waals surface area (Å²) in [6.07, 6.45) is 18.5. The molecule has 0 aromatic carbocycles. The average molecular weight is 785 g/mol. The third-order valence-corrected chi connectivity index (χ3v) is 9.67. The van der Waals surface area contributed by atoms with Crippen molar-refractivity contribution in [2.45, 2.75) is 146 Å². The maximum Gasteiger partial charge on any atom is 0.173 e. The van der Waals surface area contributed by atoms with Crippen LogP contribution in [0.15, 0.2) is 78.7 Å². The molecule has 4 atom stereocenters. The number of hydrogen-bond donors (Lipinski definition) is 0. The van der Waals surface area contributed by atoms with Crippen molar-refractivity contribution in [3.63, 3.8) is 0 Å². The summed E-state index contributed by atoms with van der Waals surface area (Å²) in [5, 5.41) is 0. The van der Waals surface area contributed by atoms with Gasteiger partial charge in [0.1, 0.15) is 19.9 Å². The minimum atomic E-state index is -0.191. The van der Waals surface area contributed by atoms with Crippen molar-refractivity contribution < 1.29 is 14.0 Å². The van der Waals surface area contributed by atoms with Crippen LogP contribution in [-0.4, -0.2) is 124 Å². The zero-order valence-electron chi connectivity index (χ0n) is 39.7. The van der Waals surface area contributed by atoms with E-state index >= 15 is 0 Å². The fraction of sp³-hybridized carbons (Fsp3) is 0.714. The third-order valence-electron chi connectivity index (χ3n) is 9.67. The Morgan fingerprint density at radius 3 is 1.95 bits per heavy atom. The second-order valence-corrected chi connectivity index (χ2v) is 15.6. The molecule has 0 aromatic heterocycles. The van der Waals surface area contributed by atoms with Crippen LogP contribution in [0.5, 0.6) is 0 Å². The molecule has 2 aliphatic rings. The lowest BCUT2D eigenvalue weighted by Gasteiger charge is -2.52. The Labute approximate surface area is 350 Å². The molecule has 0 aromatic rings. The van der Waals surface area contributed by atoms with Crippen LogP contribution >= 0.6 is 0 Å². The molecular formula is C49H94N5O2+. The molecule has 0 bridgehead atoms. The van der Waals surface area contributed by atoms with Gasteiger partial charge < -0.3 is 14.4 Å². The fourth-order valence-electron chi connectivity index (χ4n) is 6.06. The van der Waals surface area contributed by atoms with Gasteiger partial charge in [0.15, 0.2) is 5.70 Å². The molecule has 0 spiro atoms. The number of aliphatic imine (C=N–C) groups is 1. The zero-order chi connectivity index (χ0) is 43.5. The molecule has 0 radical (unpaired) electrons. The Balaban J connectivity index is -0.00000138. The zero-order valence-corrected chi connectivity index (χ0v) is 39.7. The molecule has 0 saturated carbocycles. The van der Waals surface area contributed by atoms with E-state index in [0.29, 0.717) is 31.1 Å². The van der Waals surface area contributed by atoms with Crippen molar-refractivity contribution in [1.82, 2.24) is 14.7 Å². The average Bonchev–Trinajstić information content (AvgIpc) is 3.17. The number of nitrogens with zero attached hydrogens (tertiary/aromatic N) is 5. The van der Waals surface area contributed by atoms with E-state index in [1.165, 1.54) is 57.6 Å². The minimum absolute atomic E-state index is 0.191. The van der Waals surface area contributed by atoms with Gasteiger partial charge in [0.25, 0.3) is 0 Å². The van der Waals surface area contributed by atoms with E-state index in [0.717, 1.165) is 61.7 Å². The van der Waals surface area contributed by atoms with E-state index in [1.54, 1.807) is 23.8 Å². The predicted octanol–water partition coefficient (Wildman–Crippen LogP) is 11.5. The summed E-state index contributed by atoms with van der Waals surface area (Å²) in [6, 6.07) is 1.39. The van der Waals surface area contributed by atoms with Crippen LogP contribution in [0.3, 0.4) is 0 Å². The summed E-state index contributed by atoms with van der Waals surface area (Å²) < 4.78 is 13.3. The van der Waals surface area contributed by atoms with Crippen LogP contribution in [-0.2, 0) is 9.47 Å². The van der Waals surface area contributed by atoms with Crippen molar-refractivity contribution in [2.24, 2.45) is 16.8 Å². The Morgan fingerprint density at radius 2 is 1.54 bits per heavy atom. The molecule has 326 valence electrons. The molecule has 0 amide bonds. The first-order chi connectivity index (χ1) is 26.6. The molecule has 2 saturated heterocycles. The number of piperazine rings is 1. The number of rotatable bonds is 21. The Morgan fingerprint density at radius 1 is 0.964 bits per heavy atom. The predicted molar refractivity (Wildman–Crippen MR) is 253 cm³/mol. The summed E-state index contributed by atoms with van der Waals surface area (Å²) in [7, 11) is 5.87. The normalized spacial score (nSPS) is 18.7. The second kappa shape index (κ2) is 38.1. The molecule has 7 nitrogen and oxygen atoms in total. The van der Waals surface area contributed by atoms with Crippen LogP contribution in [0.4, 0.5) is 0 Å². The lowest BCUT2D eigenvalue weighted by molar-refractivity contribution is -0.436.